The van der Waals surface area contributed by atoms with E-state index in [1.165, 1.54) is 10.6 Å². The van der Waals surface area contributed by atoms with Gasteiger partial charge in [-0.15, -0.1) is 0 Å². The molecule has 3 rings (SSSR count). The van der Waals surface area contributed by atoms with Gasteiger partial charge in [-0.3, -0.25) is 9.69 Å². The Morgan fingerprint density at radius 2 is 1.62 bits per heavy atom. The van der Waals surface area contributed by atoms with E-state index in [2.05, 4.69) is 16.3 Å². The average Bonchev–Trinajstić information content (AvgIpc) is 2.88. The molecule has 1 aliphatic rings. The Morgan fingerprint density at radius 1 is 0.966 bits per heavy atom. The van der Waals surface area contributed by atoms with Crippen LogP contribution in [0.15, 0.2) is 48.5 Å². The number of rotatable bonds is 5. The van der Waals surface area contributed by atoms with Crippen LogP contribution in [-0.2, 0) is 14.8 Å². The molecule has 0 aromatic heterocycles. The third-order valence-electron chi connectivity index (χ3n) is 5.18. The summed E-state index contributed by atoms with van der Waals surface area (Å²) in [5.41, 5.74) is 3.87. The van der Waals surface area contributed by atoms with Gasteiger partial charge in [0.25, 0.3) is 0 Å². The maximum atomic E-state index is 13.3. The highest BCUT2D eigenvalue weighted by atomic mass is 32.2. The van der Waals surface area contributed by atoms with Crippen molar-refractivity contribution in [3.8, 4) is 0 Å². The molecule has 2 aromatic carbocycles. The molecule has 0 spiro atoms. The molecular weight excluding hydrogens is 386 g/mol. The third kappa shape index (κ3) is 5.65. The summed E-state index contributed by atoms with van der Waals surface area (Å²) in [7, 11) is -3.24. The van der Waals surface area contributed by atoms with E-state index in [-0.39, 0.29) is 5.91 Å². The summed E-state index contributed by atoms with van der Waals surface area (Å²) in [6.07, 6.45) is 1.93. The molecule has 156 valence electrons. The maximum Gasteiger partial charge on any atom is 0.246 e. The van der Waals surface area contributed by atoms with E-state index in [1.54, 1.807) is 0 Å². The largest absolute Gasteiger partial charge is 0.324 e. The number of amides is 1. The zero-order chi connectivity index (χ0) is 21.0. The highest BCUT2D eigenvalue weighted by Crippen LogP contribution is 2.25. The van der Waals surface area contributed by atoms with Crippen molar-refractivity contribution in [1.29, 1.82) is 0 Å². The Morgan fingerprint density at radius 3 is 2.24 bits per heavy atom. The van der Waals surface area contributed by atoms with E-state index >= 15 is 0 Å². The van der Waals surface area contributed by atoms with Crippen LogP contribution in [0, 0.1) is 13.8 Å². The van der Waals surface area contributed by atoms with Gasteiger partial charge in [-0.1, -0.05) is 36.4 Å². The Balaban J connectivity index is 1.86. The van der Waals surface area contributed by atoms with E-state index in [0.29, 0.717) is 32.6 Å². The monoisotopic (exact) mass is 415 g/mol. The molecule has 29 heavy (non-hydrogen) atoms. The van der Waals surface area contributed by atoms with E-state index in [0.717, 1.165) is 22.4 Å². The summed E-state index contributed by atoms with van der Waals surface area (Å²) in [4.78, 5) is 15.4. The van der Waals surface area contributed by atoms with Crippen molar-refractivity contribution >= 4 is 21.6 Å². The molecular formula is C22H29N3O3S. The Bertz CT molecular complexity index is 940. The second-order valence-corrected chi connectivity index (χ2v) is 9.71. The minimum absolute atomic E-state index is 0.103. The molecule has 7 heteroatoms. The van der Waals surface area contributed by atoms with Crippen LogP contribution in [-0.4, -0.2) is 56.0 Å². The van der Waals surface area contributed by atoms with Gasteiger partial charge >= 0.3 is 0 Å². The first-order valence-electron chi connectivity index (χ1n) is 9.87. The fraction of sp³-hybridized carbons (Fsp3) is 0.409. The molecule has 1 atom stereocenters. The molecule has 1 saturated heterocycles. The van der Waals surface area contributed by atoms with E-state index in [1.807, 2.05) is 56.3 Å². The molecule has 1 fully saturated rings. The van der Waals surface area contributed by atoms with Gasteiger partial charge in [0.2, 0.25) is 15.9 Å². The first-order valence-corrected chi connectivity index (χ1v) is 11.7. The van der Waals surface area contributed by atoms with Crippen molar-refractivity contribution in [3.05, 3.63) is 65.2 Å². The molecule has 6 nitrogen and oxygen atoms in total. The van der Waals surface area contributed by atoms with Crippen LogP contribution in [0.5, 0.6) is 0 Å². The summed E-state index contributed by atoms with van der Waals surface area (Å²) >= 11 is 0. The molecule has 1 unspecified atom stereocenters. The first-order chi connectivity index (χ1) is 13.7. The number of nitrogens with zero attached hydrogens (tertiary/aromatic N) is 2. The number of benzene rings is 2. The SMILES string of the molecule is Cc1cc(C)cc(NC(=O)C(c2ccccc2)N2CCCN(S(C)(=O)=O)CC2)c1. The molecule has 0 bridgehead atoms. The molecule has 1 amide bonds. The van der Waals surface area contributed by atoms with Crippen molar-refractivity contribution in [2.75, 3.05) is 37.8 Å². The van der Waals surface area contributed by atoms with Gasteiger partial charge in [-0.05, 0) is 49.1 Å². The van der Waals surface area contributed by atoms with Crippen LogP contribution in [0.25, 0.3) is 0 Å². The van der Waals surface area contributed by atoms with Crippen LogP contribution < -0.4 is 5.32 Å². The number of nitrogens with one attached hydrogen (secondary N) is 1. The highest BCUT2D eigenvalue weighted by molar-refractivity contribution is 7.88. The summed E-state index contributed by atoms with van der Waals surface area (Å²) in [5, 5.41) is 3.07. The molecule has 1 heterocycles. The minimum Gasteiger partial charge on any atom is -0.324 e. The lowest BCUT2D eigenvalue weighted by molar-refractivity contribution is -0.121. The summed E-state index contributed by atoms with van der Waals surface area (Å²) < 4.78 is 25.4. The average molecular weight is 416 g/mol. The van der Waals surface area contributed by atoms with Gasteiger partial charge < -0.3 is 5.32 Å². The predicted octanol–water partition coefficient (Wildman–Crippen LogP) is 2.95. The Labute approximate surface area is 173 Å². The van der Waals surface area contributed by atoms with Crippen molar-refractivity contribution in [2.45, 2.75) is 26.3 Å². The Hall–Kier alpha value is -2.22. The van der Waals surface area contributed by atoms with Gasteiger partial charge in [-0.25, -0.2) is 12.7 Å². The van der Waals surface area contributed by atoms with Crippen LogP contribution in [0.3, 0.4) is 0 Å². The fourth-order valence-corrected chi connectivity index (χ4v) is 4.80. The lowest BCUT2D eigenvalue weighted by Crippen LogP contribution is -2.40. The zero-order valence-corrected chi connectivity index (χ0v) is 18.1. The fourth-order valence-electron chi connectivity index (χ4n) is 3.92. The lowest BCUT2D eigenvalue weighted by atomic mass is 10.0. The van der Waals surface area contributed by atoms with Gasteiger partial charge in [0.1, 0.15) is 6.04 Å². The van der Waals surface area contributed by atoms with Crippen molar-refractivity contribution in [3.63, 3.8) is 0 Å². The smallest absolute Gasteiger partial charge is 0.246 e. The van der Waals surface area contributed by atoms with E-state index in [9.17, 15) is 13.2 Å². The topological polar surface area (TPSA) is 69.7 Å². The van der Waals surface area contributed by atoms with Gasteiger partial charge in [0.05, 0.1) is 6.26 Å². The summed E-state index contributed by atoms with van der Waals surface area (Å²) in [6.45, 7) is 6.05. The van der Waals surface area contributed by atoms with Crippen molar-refractivity contribution in [2.24, 2.45) is 0 Å². The number of hydrogen-bond donors (Lipinski definition) is 1. The number of carbonyl (C=O) groups excluding carboxylic acids is 1. The second-order valence-electron chi connectivity index (χ2n) is 7.73. The second kappa shape index (κ2) is 9.07. The normalized spacial score (nSPS) is 17.5. The predicted molar refractivity (Wildman–Crippen MR) is 116 cm³/mol. The molecule has 0 radical (unpaired) electrons. The van der Waals surface area contributed by atoms with Crippen molar-refractivity contribution < 1.29 is 13.2 Å². The molecule has 0 saturated carbocycles. The molecule has 2 aromatic rings. The third-order valence-corrected chi connectivity index (χ3v) is 6.48. The lowest BCUT2D eigenvalue weighted by Gasteiger charge is -2.30. The van der Waals surface area contributed by atoms with Crippen LogP contribution >= 0.6 is 0 Å². The zero-order valence-electron chi connectivity index (χ0n) is 17.3. The number of anilines is 1. The van der Waals surface area contributed by atoms with Gasteiger partial charge in [0.15, 0.2) is 0 Å². The van der Waals surface area contributed by atoms with E-state index < -0.39 is 16.1 Å². The minimum atomic E-state index is -3.24. The highest BCUT2D eigenvalue weighted by Gasteiger charge is 2.31. The van der Waals surface area contributed by atoms with Crippen molar-refractivity contribution in [1.82, 2.24) is 9.21 Å². The molecule has 0 aliphatic carbocycles. The molecule has 1 N–H and O–H groups in total. The van der Waals surface area contributed by atoms with E-state index in [4.69, 9.17) is 0 Å². The summed E-state index contributed by atoms with van der Waals surface area (Å²) in [6, 6.07) is 15.2. The first kappa shape index (κ1) is 21.5. The standard InChI is InChI=1S/C22H29N3O3S/c1-17-14-18(2)16-20(15-17)23-22(26)21(19-8-5-4-6-9-19)24-10-7-11-25(13-12-24)29(3,27)28/h4-6,8-9,14-16,21H,7,10-13H2,1-3H3,(H,23,26). The number of carbonyl (C=O) groups is 1. The number of sulfonamides is 1. The van der Waals surface area contributed by atoms with Gasteiger partial charge in [0, 0.05) is 31.9 Å². The van der Waals surface area contributed by atoms with Crippen LogP contribution in [0.1, 0.15) is 29.2 Å². The number of hydrogen-bond acceptors (Lipinski definition) is 4. The number of aryl methyl sites for hydroxylation is 2. The van der Waals surface area contributed by atoms with Crippen LogP contribution in [0.4, 0.5) is 5.69 Å². The Kier molecular flexibility index (Phi) is 6.72. The summed E-state index contributed by atoms with van der Waals surface area (Å²) in [5.74, 6) is -0.103. The van der Waals surface area contributed by atoms with Gasteiger partial charge in [-0.2, -0.15) is 0 Å². The molecule has 1 aliphatic heterocycles. The quantitative estimate of drug-likeness (QED) is 0.815. The maximum absolute atomic E-state index is 13.3. The van der Waals surface area contributed by atoms with Crippen LogP contribution in [0.2, 0.25) is 0 Å².